The molecule has 0 spiro atoms. The van der Waals surface area contributed by atoms with E-state index in [9.17, 15) is 4.79 Å². The van der Waals surface area contributed by atoms with Gasteiger partial charge in [0.1, 0.15) is 0 Å². The number of carbonyl (C=O) groups is 1. The summed E-state index contributed by atoms with van der Waals surface area (Å²) in [6, 6.07) is 9.86. The first kappa shape index (κ1) is 15.0. The molecule has 0 bridgehead atoms. The lowest BCUT2D eigenvalue weighted by atomic mass is 10.1. The highest BCUT2D eigenvalue weighted by atomic mass is 16.6. The van der Waals surface area contributed by atoms with Crippen molar-refractivity contribution in [1.82, 2.24) is 4.98 Å². The van der Waals surface area contributed by atoms with E-state index in [1.807, 2.05) is 45.0 Å². The number of aryl methyl sites for hydroxylation is 2. The van der Waals surface area contributed by atoms with E-state index in [0.29, 0.717) is 13.2 Å². The van der Waals surface area contributed by atoms with Gasteiger partial charge in [-0.15, -0.1) is 0 Å². The molecule has 1 aromatic carbocycles. The maximum absolute atomic E-state index is 12.3. The van der Waals surface area contributed by atoms with Crippen molar-refractivity contribution in [2.24, 2.45) is 0 Å². The van der Waals surface area contributed by atoms with E-state index in [1.54, 1.807) is 17.3 Å². The van der Waals surface area contributed by atoms with Crippen LogP contribution in [0.3, 0.4) is 0 Å². The molecule has 21 heavy (non-hydrogen) atoms. The van der Waals surface area contributed by atoms with Crippen LogP contribution in [0.4, 0.5) is 10.5 Å². The van der Waals surface area contributed by atoms with Crippen molar-refractivity contribution in [3.63, 3.8) is 0 Å². The van der Waals surface area contributed by atoms with Crippen LogP contribution in [0.5, 0.6) is 0 Å². The first-order valence-corrected chi connectivity index (χ1v) is 7.01. The van der Waals surface area contributed by atoms with Crippen LogP contribution in [0.2, 0.25) is 0 Å². The van der Waals surface area contributed by atoms with Crippen LogP contribution in [-0.4, -0.2) is 17.7 Å². The molecule has 1 amide bonds. The topological polar surface area (TPSA) is 42.4 Å². The number of hydrogen-bond acceptors (Lipinski definition) is 3. The van der Waals surface area contributed by atoms with Crippen LogP contribution in [0.15, 0.2) is 42.7 Å². The number of benzene rings is 1. The second kappa shape index (κ2) is 6.88. The fourth-order valence-corrected chi connectivity index (χ4v) is 2.24. The molecule has 0 N–H and O–H groups in total. The van der Waals surface area contributed by atoms with Crippen molar-refractivity contribution in [1.29, 1.82) is 0 Å². The second-order valence-corrected chi connectivity index (χ2v) is 4.99. The number of anilines is 1. The number of hydrogen-bond donors (Lipinski definition) is 0. The molecule has 110 valence electrons. The number of rotatable bonds is 4. The predicted octanol–water partition coefficient (Wildman–Crippen LogP) is 3.86. The van der Waals surface area contributed by atoms with Gasteiger partial charge in [-0.1, -0.05) is 12.1 Å². The molecule has 4 heteroatoms. The van der Waals surface area contributed by atoms with Gasteiger partial charge in [0.05, 0.1) is 13.2 Å². The zero-order valence-corrected chi connectivity index (χ0v) is 12.7. The number of ether oxygens (including phenoxy) is 1. The monoisotopic (exact) mass is 284 g/mol. The fourth-order valence-electron chi connectivity index (χ4n) is 2.24. The molecule has 0 radical (unpaired) electrons. The Hall–Kier alpha value is -2.36. The van der Waals surface area contributed by atoms with Gasteiger partial charge in [0.25, 0.3) is 0 Å². The van der Waals surface area contributed by atoms with Gasteiger partial charge >= 0.3 is 6.09 Å². The van der Waals surface area contributed by atoms with Crippen molar-refractivity contribution in [3.8, 4) is 0 Å². The molecule has 0 aliphatic carbocycles. The van der Waals surface area contributed by atoms with Crippen molar-refractivity contribution in [2.75, 3.05) is 11.5 Å². The Morgan fingerprint density at radius 3 is 2.52 bits per heavy atom. The summed E-state index contributed by atoms with van der Waals surface area (Å²) in [6.45, 7) is 6.64. The predicted molar refractivity (Wildman–Crippen MR) is 83.4 cm³/mol. The highest BCUT2D eigenvalue weighted by molar-refractivity contribution is 5.87. The minimum atomic E-state index is -0.341. The van der Waals surface area contributed by atoms with Crippen molar-refractivity contribution >= 4 is 11.8 Å². The smallest absolute Gasteiger partial charge is 0.414 e. The van der Waals surface area contributed by atoms with Gasteiger partial charge in [-0.2, -0.15) is 0 Å². The summed E-state index contributed by atoms with van der Waals surface area (Å²) in [5, 5.41) is 0. The fraction of sp³-hybridized carbons (Fsp3) is 0.294. The average molecular weight is 284 g/mol. The molecule has 0 fully saturated rings. The van der Waals surface area contributed by atoms with Gasteiger partial charge in [0.2, 0.25) is 0 Å². The maximum atomic E-state index is 12.3. The normalized spacial score (nSPS) is 10.2. The van der Waals surface area contributed by atoms with Gasteiger partial charge < -0.3 is 4.74 Å². The van der Waals surface area contributed by atoms with Gasteiger partial charge in [0, 0.05) is 18.1 Å². The highest BCUT2D eigenvalue weighted by Gasteiger charge is 2.18. The molecule has 0 saturated carbocycles. The summed E-state index contributed by atoms with van der Waals surface area (Å²) >= 11 is 0. The van der Waals surface area contributed by atoms with Crippen LogP contribution >= 0.6 is 0 Å². The van der Waals surface area contributed by atoms with E-state index < -0.39 is 0 Å². The Morgan fingerprint density at radius 2 is 1.95 bits per heavy atom. The maximum Gasteiger partial charge on any atom is 0.414 e. The number of amides is 1. The molecule has 0 atom stereocenters. The molecule has 0 unspecified atom stereocenters. The Labute approximate surface area is 125 Å². The molecule has 0 aliphatic rings. The molecule has 1 aromatic heterocycles. The number of carbonyl (C=O) groups excluding carboxylic acids is 1. The van der Waals surface area contributed by atoms with E-state index in [4.69, 9.17) is 4.74 Å². The molecule has 0 saturated heterocycles. The minimum Gasteiger partial charge on any atom is -0.449 e. The third-order valence-corrected chi connectivity index (χ3v) is 3.07. The summed E-state index contributed by atoms with van der Waals surface area (Å²) in [4.78, 5) is 18.0. The lowest BCUT2D eigenvalue weighted by Gasteiger charge is -2.23. The molecular weight excluding hydrogens is 264 g/mol. The largest absolute Gasteiger partial charge is 0.449 e. The van der Waals surface area contributed by atoms with Crippen molar-refractivity contribution in [3.05, 3.63) is 59.4 Å². The standard InChI is InChI=1S/C17H20N2O2/c1-4-21-17(20)19(12-15-6-5-7-18-11-15)16-9-13(2)8-14(3)10-16/h5-11H,4,12H2,1-3H3. The van der Waals surface area contributed by atoms with Crippen LogP contribution < -0.4 is 4.90 Å². The van der Waals surface area contributed by atoms with Crippen LogP contribution in [0, 0.1) is 13.8 Å². The van der Waals surface area contributed by atoms with Gasteiger partial charge in [-0.05, 0) is 55.7 Å². The van der Waals surface area contributed by atoms with Crippen LogP contribution in [0.1, 0.15) is 23.6 Å². The summed E-state index contributed by atoms with van der Waals surface area (Å²) in [5.74, 6) is 0. The Balaban J connectivity index is 2.33. The third-order valence-electron chi connectivity index (χ3n) is 3.07. The summed E-state index contributed by atoms with van der Waals surface area (Å²) < 4.78 is 5.18. The zero-order valence-electron chi connectivity index (χ0n) is 12.7. The van der Waals surface area contributed by atoms with E-state index in [0.717, 1.165) is 22.4 Å². The van der Waals surface area contributed by atoms with Crippen LogP contribution in [0.25, 0.3) is 0 Å². The van der Waals surface area contributed by atoms with Crippen molar-refractivity contribution < 1.29 is 9.53 Å². The van der Waals surface area contributed by atoms with Crippen LogP contribution in [-0.2, 0) is 11.3 Å². The number of pyridine rings is 1. The summed E-state index contributed by atoms with van der Waals surface area (Å²) in [6.07, 6.45) is 3.13. The zero-order chi connectivity index (χ0) is 15.2. The quantitative estimate of drug-likeness (QED) is 0.856. The molecule has 2 rings (SSSR count). The molecule has 4 nitrogen and oxygen atoms in total. The third kappa shape index (κ3) is 4.05. The summed E-state index contributed by atoms with van der Waals surface area (Å²) in [7, 11) is 0. The van der Waals surface area contributed by atoms with E-state index >= 15 is 0 Å². The Bertz CT molecular complexity index is 591. The molecule has 2 aromatic rings. The lowest BCUT2D eigenvalue weighted by Crippen LogP contribution is -2.31. The SMILES string of the molecule is CCOC(=O)N(Cc1cccnc1)c1cc(C)cc(C)c1. The first-order valence-electron chi connectivity index (χ1n) is 7.01. The van der Waals surface area contributed by atoms with E-state index in [-0.39, 0.29) is 6.09 Å². The summed E-state index contributed by atoms with van der Waals surface area (Å²) in [5.41, 5.74) is 4.04. The molecular formula is C17H20N2O2. The van der Waals surface area contributed by atoms with Gasteiger partial charge in [-0.3, -0.25) is 9.88 Å². The minimum absolute atomic E-state index is 0.341. The lowest BCUT2D eigenvalue weighted by molar-refractivity contribution is 0.159. The average Bonchev–Trinajstić information content (AvgIpc) is 2.45. The number of nitrogens with zero attached hydrogens (tertiary/aromatic N) is 2. The first-order chi connectivity index (χ1) is 10.1. The molecule has 0 aliphatic heterocycles. The van der Waals surface area contributed by atoms with E-state index in [1.165, 1.54) is 0 Å². The van der Waals surface area contributed by atoms with Gasteiger partial charge in [-0.25, -0.2) is 4.79 Å². The highest BCUT2D eigenvalue weighted by Crippen LogP contribution is 2.21. The van der Waals surface area contributed by atoms with Gasteiger partial charge in [0.15, 0.2) is 0 Å². The Morgan fingerprint density at radius 1 is 1.24 bits per heavy atom. The van der Waals surface area contributed by atoms with E-state index in [2.05, 4.69) is 11.1 Å². The molecule has 1 heterocycles. The second-order valence-electron chi connectivity index (χ2n) is 4.99. The number of aromatic nitrogens is 1. The Kier molecular flexibility index (Phi) is 4.93. The van der Waals surface area contributed by atoms with Crippen molar-refractivity contribution in [2.45, 2.75) is 27.3 Å².